The molecule has 0 aromatic rings. The normalized spacial score (nSPS) is 25.1. The van der Waals surface area contributed by atoms with E-state index in [9.17, 15) is 9.18 Å². The quantitative estimate of drug-likeness (QED) is 0.745. The number of amides is 1. The summed E-state index contributed by atoms with van der Waals surface area (Å²) in [4.78, 5) is 11.6. The molecule has 0 radical (unpaired) electrons. The van der Waals surface area contributed by atoms with Crippen LogP contribution >= 0.6 is 0 Å². The number of carbonyl (C=O) groups excluding carboxylic acids is 1. The molecule has 15 heavy (non-hydrogen) atoms. The maximum absolute atomic E-state index is 13.1. The van der Waals surface area contributed by atoms with Crippen LogP contribution in [-0.4, -0.2) is 25.0 Å². The predicted molar refractivity (Wildman–Crippen MR) is 58.1 cm³/mol. The van der Waals surface area contributed by atoms with Crippen molar-refractivity contribution in [3.8, 4) is 0 Å². The topological polar surface area (TPSA) is 41.1 Å². The smallest absolute Gasteiger partial charge is 0.237 e. The molecule has 1 saturated heterocycles. The van der Waals surface area contributed by atoms with E-state index in [1.165, 1.54) is 0 Å². The molecule has 0 bridgehead atoms. The molecular weight excluding hydrogens is 195 g/mol. The zero-order valence-electron chi connectivity index (χ0n) is 9.56. The molecular formula is C11H19FN2O. The first-order valence-corrected chi connectivity index (χ1v) is 5.33. The van der Waals surface area contributed by atoms with Gasteiger partial charge < -0.3 is 10.6 Å². The van der Waals surface area contributed by atoms with Gasteiger partial charge in [0.2, 0.25) is 5.91 Å². The van der Waals surface area contributed by atoms with Crippen LogP contribution < -0.4 is 10.6 Å². The molecule has 1 aliphatic rings. The lowest BCUT2D eigenvalue weighted by molar-refractivity contribution is -0.122. The molecule has 3 nitrogen and oxygen atoms in total. The van der Waals surface area contributed by atoms with E-state index in [1.807, 2.05) is 0 Å². The molecule has 0 aliphatic carbocycles. The molecule has 1 fully saturated rings. The number of hydrogen-bond donors (Lipinski definition) is 2. The second-order valence-electron chi connectivity index (χ2n) is 4.42. The van der Waals surface area contributed by atoms with E-state index in [1.54, 1.807) is 13.8 Å². The molecule has 4 heteroatoms. The van der Waals surface area contributed by atoms with Crippen LogP contribution in [0.3, 0.4) is 0 Å². The van der Waals surface area contributed by atoms with Gasteiger partial charge in [0.1, 0.15) is 5.83 Å². The Balaban J connectivity index is 2.34. The van der Waals surface area contributed by atoms with Crippen molar-refractivity contribution in [2.24, 2.45) is 5.92 Å². The Morgan fingerprint density at radius 1 is 1.53 bits per heavy atom. The highest BCUT2D eigenvalue weighted by Crippen LogP contribution is 2.12. The molecule has 1 aliphatic heterocycles. The second kappa shape index (κ2) is 5.26. The zero-order chi connectivity index (χ0) is 11.4. The standard InChI is InChI=1S/C11H19FN2O/c1-7(2)9(12)6-14-11(15)10-4-8(3)5-13-10/h8,10,13H,4-6H2,1-3H3,(H,14,15). The van der Waals surface area contributed by atoms with Crippen LogP contribution in [-0.2, 0) is 4.79 Å². The van der Waals surface area contributed by atoms with Gasteiger partial charge in [-0.15, -0.1) is 0 Å². The predicted octanol–water partition coefficient (Wildman–Crippen LogP) is 1.36. The van der Waals surface area contributed by atoms with E-state index < -0.39 is 0 Å². The van der Waals surface area contributed by atoms with Crippen LogP contribution in [0.2, 0.25) is 0 Å². The molecule has 1 heterocycles. The Labute approximate surface area is 90.1 Å². The number of nitrogens with one attached hydrogen (secondary N) is 2. The van der Waals surface area contributed by atoms with Crippen LogP contribution in [0.4, 0.5) is 4.39 Å². The first kappa shape index (κ1) is 12.2. The molecule has 0 aromatic carbocycles. The van der Waals surface area contributed by atoms with Gasteiger partial charge in [0.25, 0.3) is 0 Å². The maximum Gasteiger partial charge on any atom is 0.237 e. The zero-order valence-corrected chi connectivity index (χ0v) is 9.56. The first-order valence-electron chi connectivity index (χ1n) is 5.33. The summed E-state index contributed by atoms with van der Waals surface area (Å²) >= 11 is 0. The van der Waals surface area contributed by atoms with Crippen LogP contribution in [0.1, 0.15) is 27.2 Å². The van der Waals surface area contributed by atoms with Gasteiger partial charge in [0, 0.05) is 0 Å². The van der Waals surface area contributed by atoms with Crippen molar-refractivity contribution in [2.45, 2.75) is 33.2 Å². The monoisotopic (exact) mass is 214 g/mol. The van der Waals surface area contributed by atoms with Crippen molar-refractivity contribution in [2.75, 3.05) is 13.1 Å². The number of carbonyl (C=O) groups is 1. The van der Waals surface area contributed by atoms with Gasteiger partial charge in [0.05, 0.1) is 12.6 Å². The highest BCUT2D eigenvalue weighted by atomic mass is 19.1. The van der Waals surface area contributed by atoms with E-state index >= 15 is 0 Å². The van der Waals surface area contributed by atoms with Crippen LogP contribution in [0.15, 0.2) is 11.4 Å². The summed E-state index contributed by atoms with van der Waals surface area (Å²) in [6.45, 7) is 6.35. The lowest BCUT2D eigenvalue weighted by Gasteiger charge is -2.10. The van der Waals surface area contributed by atoms with Crippen molar-refractivity contribution in [3.63, 3.8) is 0 Å². The van der Waals surface area contributed by atoms with Crippen molar-refractivity contribution < 1.29 is 9.18 Å². The molecule has 1 rings (SSSR count). The third-order valence-electron chi connectivity index (χ3n) is 2.63. The van der Waals surface area contributed by atoms with Gasteiger partial charge in [-0.25, -0.2) is 4.39 Å². The average molecular weight is 214 g/mol. The molecule has 86 valence electrons. The number of hydrogen-bond acceptors (Lipinski definition) is 2. The van der Waals surface area contributed by atoms with Crippen LogP contribution in [0, 0.1) is 5.92 Å². The lowest BCUT2D eigenvalue weighted by atomic mass is 10.1. The molecule has 0 spiro atoms. The van der Waals surface area contributed by atoms with Gasteiger partial charge in [-0.1, -0.05) is 6.92 Å². The summed E-state index contributed by atoms with van der Waals surface area (Å²) in [6, 6.07) is -0.148. The van der Waals surface area contributed by atoms with Crippen molar-refractivity contribution in [1.82, 2.24) is 10.6 Å². The molecule has 1 amide bonds. The summed E-state index contributed by atoms with van der Waals surface area (Å²) in [5, 5.41) is 5.70. The van der Waals surface area contributed by atoms with Crippen LogP contribution in [0.25, 0.3) is 0 Å². The highest BCUT2D eigenvalue weighted by molar-refractivity contribution is 5.82. The van der Waals surface area contributed by atoms with Gasteiger partial charge >= 0.3 is 0 Å². The van der Waals surface area contributed by atoms with Crippen molar-refractivity contribution in [1.29, 1.82) is 0 Å². The first-order chi connectivity index (χ1) is 7.00. The van der Waals surface area contributed by atoms with E-state index in [0.29, 0.717) is 11.5 Å². The average Bonchev–Trinajstić information content (AvgIpc) is 2.60. The van der Waals surface area contributed by atoms with Gasteiger partial charge in [-0.3, -0.25) is 4.79 Å². The third-order valence-corrected chi connectivity index (χ3v) is 2.63. The largest absolute Gasteiger partial charge is 0.348 e. The van der Waals surface area contributed by atoms with Gasteiger partial charge in [0.15, 0.2) is 0 Å². The summed E-state index contributed by atoms with van der Waals surface area (Å²) in [6.07, 6.45) is 0.836. The fourth-order valence-electron chi connectivity index (χ4n) is 1.58. The van der Waals surface area contributed by atoms with Crippen molar-refractivity contribution >= 4 is 5.91 Å². The summed E-state index contributed by atoms with van der Waals surface area (Å²) < 4.78 is 13.1. The molecule has 0 saturated carbocycles. The van der Waals surface area contributed by atoms with Gasteiger partial charge in [-0.2, -0.15) is 0 Å². The van der Waals surface area contributed by atoms with E-state index in [2.05, 4.69) is 17.6 Å². The minimum Gasteiger partial charge on any atom is -0.348 e. The molecule has 2 N–H and O–H groups in total. The van der Waals surface area contributed by atoms with Crippen LogP contribution in [0.5, 0.6) is 0 Å². The minimum absolute atomic E-state index is 0.00767. The third kappa shape index (κ3) is 3.63. The second-order valence-corrected chi connectivity index (χ2v) is 4.42. The summed E-state index contributed by atoms with van der Waals surface area (Å²) in [5.41, 5.74) is 0.614. The molecule has 2 unspecified atom stereocenters. The Kier molecular flexibility index (Phi) is 4.27. The minimum atomic E-state index is -0.255. The fourth-order valence-corrected chi connectivity index (χ4v) is 1.58. The Hall–Kier alpha value is -0.900. The molecule has 0 aromatic heterocycles. The lowest BCUT2D eigenvalue weighted by Crippen LogP contribution is -2.40. The Morgan fingerprint density at radius 3 is 2.67 bits per heavy atom. The van der Waals surface area contributed by atoms with E-state index in [4.69, 9.17) is 0 Å². The summed E-state index contributed by atoms with van der Waals surface area (Å²) in [7, 11) is 0. The highest BCUT2D eigenvalue weighted by Gasteiger charge is 2.26. The number of allylic oxidation sites excluding steroid dienone is 1. The number of halogens is 1. The van der Waals surface area contributed by atoms with Gasteiger partial charge in [-0.05, 0) is 38.3 Å². The Bertz CT molecular complexity index is 272. The Morgan fingerprint density at radius 2 is 2.20 bits per heavy atom. The SMILES string of the molecule is CC(C)=C(F)CNC(=O)C1CC(C)CN1. The van der Waals surface area contributed by atoms with Crippen molar-refractivity contribution in [3.05, 3.63) is 11.4 Å². The summed E-state index contributed by atoms with van der Waals surface area (Å²) in [5.74, 6) is 0.166. The number of rotatable bonds is 3. The van der Waals surface area contributed by atoms with E-state index in [0.717, 1.165) is 13.0 Å². The maximum atomic E-state index is 13.1. The van der Waals surface area contributed by atoms with E-state index in [-0.39, 0.29) is 24.3 Å². The molecule has 2 atom stereocenters. The fraction of sp³-hybridized carbons (Fsp3) is 0.727.